The molecule has 2 rings (SSSR count). The van der Waals surface area contributed by atoms with Crippen LogP contribution >= 0.6 is 0 Å². The van der Waals surface area contributed by atoms with E-state index in [1.54, 1.807) is 0 Å². The molecule has 1 saturated heterocycles. The summed E-state index contributed by atoms with van der Waals surface area (Å²) < 4.78 is 34.9. The van der Waals surface area contributed by atoms with Gasteiger partial charge in [0.25, 0.3) is 0 Å². The molecule has 0 N–H and O–H groups in total. The molecule has 76 valence electrons. The number of benzene rings is 1. The summed E-state index contributed by atoms with van der Waals surface area (Å²) in [5, 5.41) is 0. The van der Waals surface area contributed by atoms with Crippen LogP contribution in [0.15, 0.2) is 18.2 Å². The highest BCUT2D eigenvalue weighted by atomic mass is 19.1. The Labute approximate surface area is 82.9 Å². The molecule has 0 spiro atoms. The molecule has 7 heteroatoms. The number of hydrogen-bond donors (Lipinski definition) is 0. The summed E-state index contributed by atoms with van der Waals surface area (Å²) in [6.45, 7) is 0. The lowest BCUT2D eigenvalue weighted by atomic mass is 9.78. The average molecular weight is 212 g/mol. The van der Waals surface area contributed by atoms with Crippen molar-refractivity contribution in [1.29, 1.82) is 0 Å². The predicted octanol–water partition coefficient (Wildman–Crippen LogP) is -0.240. The molecule has 1 aromatic carbocycles. The van der Waals surface area contributed by atoms with E-state index < -0.39 is 36.2 Å². The topological polar surface area (TPSA) is 52.6 Å². The van der Waals surface area contributed by atoms with E-state index in [4.69, 9.17) is 0 Å². The fourth-order valence-corrected chi connectivity index (χ4v) is 1.17. The zero-order valence-electron chi connectivity index (χ0n) is 7.20. The Balaban J connectivity index is 2.39. The molecule has 1 aliphatic rings. The van der Waals surface area contributed by atoms with Crippen molar-refractivity contribution in [1.82, 2.24) is 0 Å². The van der Waals surface area contributed by atoms with Gasteiger partial charge in [-0.25, -0.2) is 18.4 Å². The number of carbonyl (C=O) groups excluding carboxylic acids is 2. The van der Waals surface area contributed by atoms with Gasteiger partial charge in [0.15, 0.2) is 0 Å². The lowest BCUT2D eigenvalue weighted by molar-refractivity contribution is -0.150. The van der Waals surface area contributed by atoms with E-state index in [1.807, 2.05) is 0 Å². The molecule has 15 heavy (non-hydrogen) atoms. The number of hydrogen-bond acceptors (Lipinski definition) is 4. The van der Waals surface area contributed by atoms with Crippen molar-refractivity contribution in [2.24, 2.45) is 0 Å². The van der Waals surface area contributed by atoms with Crippen LogP contribution in [0.2, 0.25) is 0 Å². The van der Waals surface area contributed by atoms with Crippen molar-refractivity contribution < 1.29 is 27.7 Å². The normalized spacial score (nSPS) is 15.2. The summed E-state index contributed by atoms with van der Waals surface area (Å²) in [7, 11) is -1.63. The minimum absolute atomic E-state index is 0.586. The molecule has 0 amide bonds. The van der Waals surface area contributed by atoms with E-state index >= 15 is 0 Å². The van der Waals surface area contributed by atoms with E-state index in [2.05, 4.69) is 9.31 Å². The fourth-order valence-electron chi connectivity index (χ4n) is 1.17. The molecule has 0 saturated carbocycles. The summed E-state index contributed by atoms with van der Waals surface area (Å²) >= 11 is 0. The summed E-state index contributed by atoms with van der Waals surface area (Å²) in [4.78, 5) is 21.3. The Hall–Kier alpha value is -1.92. The van der Waals surface area contributed by atoms with Crippen molar-refractivity contribution >= 4 is 24.5 Å². The van der Waals surface area contributed by atoms with Gasteiger partial charge in [0, 0.05) is 0 Å². The summed E-state index contributed by atoms with van der Waals surface area (Å²) in [6, 6.07) is 3.09. The van der Waals surface area contributed by atoms with E-state index in [0.29, 0.717) is 0 Å². The molecule has 1 aromatic rings. The molecule has 0 aliphatic carbocycles. The third-order valence-electron chi connectivity index (χ3n) is 1.83. The smallest absolute Gasteiger partial charge is 0.487 e. The molecule has 0 radical (unpaired) electrons. The van der Waals surface area contributed by atoms with Crippen LogP contribution in [0.5, 0.6) is 0 Å². The van der Waals surface area contributed by atoms with Gasteiger partial charge in [-0.05, 0) is 12.1 Å². The summed E-state index contributed by atoms with van der Waals surface area (Å²) in [5.41, 5.74) is -0.586. The first-order chi connectivity index (χ1) is 7.09. The summed E-state index contributed by atoms with van der Waals surface area (Å²) in [5.74, 6) is -4.41. The zero-order valence-corrected chi connectivity index (χ0v) is 7.20. The van der Waals surface area contributed by atoms with Gasteiger partial charge >= 0.3 is 19.1 Å². The van der Waals surface area contributed by atoms with Gasteiger partial charge in [-0.3, -0.25) is 0 Å². The average Bonchev–Trinajstić information content (AvgIpc) is 2.46. The Morgan fingerprint density at radius 3 is 1.93 bits per heavy atom. The number of carbonyl (C=O) groups is 2. The fraction of sp³-hybridized carbons (Fsp3) is 0. The van der Waals surface area contributed by atoms with Crippen LogP contribution in [0.25, 0.3) is 0 Å². The molecule has 0 atom stereocenters. The number of rotatable bonds is 1. The molecular formula is C8H3BF2O4. The van der Waals surface area contributed by atoms with Crippen LogP contribution in [-0.2, 0) is 18.9 Å². The Morgan fingerprint density at radius 2 is 1.47 bits per heavy atom. The highest BCUT2D eigenvalue weighted by Gasteiger charge is 2.45. The number of halogens is 2. The first-order valence-corrected chi connectivity index (χ1v) is 3.95. The minimum Gasteiger partial charge on any atom is -0.487 e. The molecule has 1 fully saturated rings. The van der Waals surface area contributed by atoms with Gasteiger partial charge in [-0.1, -0.05) is 6.07 Å². The minimum atomic E-state index is -1.63. The maximum Gasteiger partial charge on any atom is 0.643 e. The van der Waals surface area contributed by atoms with E-state index in [0.717, 1.165) is 18.2 Å². The van der Waals surface area contributed by atoms with Crippen LogP contribution < -0.4 is 5.46 Å². The molecule has 0 unspecified atom stereocenters. The largest absolute Gasteiger partial charge is 0.643 e. The highest BCUT2D eigenvalue weighted by molar-refractivity contribution is 6.71. The lowest BCUT2D eigenvalue weighted by Crippen LogP contribution is -2.37. The van der Waals surface area contributed by atoms with Gasteiger partial charge in [-0.2, -0.15) is 0 Å². The van der Waals surface area contributed by atoms with Crippen molar-refractivity contribution in [2.75, 3.05) is 0 Å². The van der Waals surface area contributed by atoms with Gasteiger partial charge in [0.1, 0.15) is 11.6 Å². The highest BCUT2D eigenvalue weighted by Crippen LogP contribution is 2.08. The van der Waals surface area contributed by atoms with Crippen LogP contribution in [0.1, 0.15) is 0 Å². The van der Waals surface area contributed by atoms with Crippen molar-refractivity contribution in [3.8, 4) is 0 Å². The standard InChI is InChI=1S/C8H3BF2O4/c10-4-2-1-3-5(11)6(4)9-14-7(12)8(13)15-9/h1-3H. The van der Waals surface area contributed by atoms with Gasteiger partial charge in [0.2, 0.25) is 0 Å². The first-order valence-electron chi connectivity index (χ1n) is 3.95. The maximum absolute atomic E-state index is 13.1. The van der Waals surface area contributed by atoms with Gasteiger partial charge in [0.05, 0.1) is 5.46 Å². The van der Waals surface area contributed by atoms with Crippen molar-refractivity contribution in [3.63, 3.8) is 0 Å². The van der Waals surface area contributed by atoms with Gasteiger partial charge in [-0.15, -0.1) is 0 Å². The second kappa shape index (κ2) is 3.34. The second-order valence-electron chi connectivity index (χ2n) is 2.78. The van der Waals surface area contributed by atoms with E-state index in [-0.39, 0.29) is 0 Å². The molecular weight excluding hydrogens is 209 g/mol. The van der Waals surface area contributed by atoms with Crippen molar-refractivity contribution in [3.05, 3.63) is 29.8 Å². The molecule has 1 aliphatic heterocycles. The summed E-state index contributed by atoms with van der Waals surface area (Å²) in [6.07, 6.45) is 0. The first kappa shape index (κ1) is 9.63. The van der Waals surface area contributed by atoms with Crippen molar-refractivity contribution in [2.45, 2.75) is 0 Å². The molecule has 0 aromatic heterocycles. The monoisotopic (exact) mass is 212 g/mol. The third-order valence-corrected chi connectivity index (χ3v) is 1.83. The Kier molecular flexibility index (Phi) is 2.14. The second-order valence-corrected chi connectivity index (χ2v) is 2.78. The van der Waals surface area contributed by atoms with E-state index in [1.165, 1.54) is 0 Å². The SMILES string of the molecule is O=C1OB(c2c(F)cccc2F)OC1=O. The Morgan fingerprint density at radius 1 is 1.00 bits per heavy atom. The third kappa shape index (κ3) is 1.56. The maximum atomic E-state index is 13.1. The lowest BCUT2D eigenvalue weighted by Gasteiger charge is -2.04. The molecule has 4 nitrogen and oxygen atoms in total. The quantitative estimate of drug-likeness (QED) is 0.476. The van der Waals surface area contributed by atoms with Crippen LogP contribution in [0.3, 0.4) is 0 Å². The molecule has 1 heterocycles. The van der Waals surface area contributed by atoms with E-state index in [9.17, 15) is 18.4 Å². The van der Waals surface area contributed by atoms with Gasteiger partial charge < -0.3 is 9.31 Å². The Bertz CT molecular complexity index is 412. The molecule has 0 bridgehead atoms. The van der Waals surface area contributed by atoms with Crippen LogP contribution in [0, 0.1) is 11.6 Å². The zero-order chi connectivity index (χ0) is 11.0. The van der Waals surface area contributed by atoms with Crippen LogP contribution in [-0.4, -0.2) is 19.1 Å². The predicted molar refractivity (Wildman–Crippen MR) is 43.9 cm³/mol. The van der Waals surface area contributed by atoms with Crippen LogP contribution in [0.4, 0.5) is 8.78 Å².